The highest BCUT2D eigenvalue weighted by molar-refractivity contribution is 7.09. The third-order valence-electron chi connectivity index (χ3n) is 1.85. The third-order valence-corrected chi connectivity index (χ3v) is 3.01. The Morgan fingerprint density at radius 1 is 1.36 bits per heavy atom. The lowest BCUT2D eigenvalue weighted by Gasteiger charge is -2.18. The van der Waals surface area contributed by atoms with Gasteiger partial charge in [0.25, 0.3) is 0 Å². The van der Waals surface area contributed by atoms with Crippen LogP contribution in [0.1, 0.15) is 10.7 Å². The van der Waals surface area contributed by atoms with Crippen LogP contribution in [0.5, 0.6) is 0 Å². The maximum atomic E-state index is 5.70. The van der Waals surface area contributed by atoms with Gasteiger partial charge in [-0.3, -0.25) is 4.90 Å². The molecule has 0 aromatic carbocycles. The van der Waals surface area contributed by atoms with E-state index in [-0.39, 0.29) is 0 Å². The first kappa shape index (κ1) is 12.2. The molecular weight excluding hydrogens is 239 g/mol. The summed E-state index contributed by atoms with van der Waals surface area (Å²) >= 11 is 13.1. The van der Waals surface area contributed by atoms with Crippen molar-refractivity contribution < 1.29 is 0 Å². The van der Waals surface area contributed by atoms with E-state index in [0.717, 1.165) is 30.3 Å². The molecule has 80 valence electrons. The average molecular weight is 253 g/mol. The molecule has 1 rings (SSSR count). The highest BCUT2D eigenvalue weighted by Crippen LogP contribution is 2.10. The summed E-state index contributed by atoms with van der Waals surface area (Å²) in [6.07, 6.45) is 0. The molecular formula is C9H14Cl2N2S. The zero-order valence-corrected chi connectivity index (χ0v) is 10.5. The quantitative estimate of drug-likeness (QED) is 0.725. The first-order chi connectivity index (χ1) is 6.76. The summed E-state index contributed by atoms with van der Waals surface area (Å²) in [5.74, 6) is 1.28. The summed E-state index contributed by atoms with van der Waals surface area (Å²) in [6, 6.07) is 0. The van der Waals surface area contributed by atoms with Gasteiger partial charge in [-0.15, -0.1) is 34.5 Å². The largest absolute Gasteiger partial charge is 0.295 e. The normalized spacial score (nSPS) is 11.1. The first-order valence-electron chi connectivity index (χ1n) is 4.51. The number of rotatable bonds is 6. The number of thiazole rings is 1. The Morgan fingerprint density at radius 3 is 2.43 bits per heavy atom. The smallest absolute Gasteiger partial charge is 0.0897 e. The van der Waals surface area contributed by atoms with Crippen LogP contribution in [-0.4, -0.2) is 34.7 Å². The fourth-order valence-electron chi connectivity index (χ4n) is 1.22. The van der Waals surface area contributed by atoms with Crippen LogP contribution in [0, 0.1) is 6.92 Å². The maximum absolute atomic E-state index is 5.70. The molecule has 1 aromatic rings. The second-order valence-corrected chi connectivity index (χ2v) is 4.83. The third kappa shape index (κ3) is 4.13. The Labute approximate surface area is 98.8 Å². The predicted molar refractivity (Wildman–Crippen MR) is 63.6 cm³/mol. The molecule has 0 fully saturated rings. The fraction of sp³-hybridized carbons (Fsp3) is 0.667. The van der Waals surface area contributed by atoms with Crippen LogP contribution in [-0.2, 0) is 6.54 Å². The van der Waals surface area contributed by atoms with E-state index in [1.165, 1.54) is 0 Å². The minimum Gasteiger partial charge on any atom is -0.295 e. The number of aromatic nitrogens is 1. The molecule has 0 aliphatic rings. The first-order valence-corrected chi connectivity index (χ1v) is 6.46. The van der Waals surface area contributed by atoms with Crippen molar-refractivity contribution in [2.24, 2.45) is 0 Å². The van der Waals surface area contributed by atoms with Crippen molar-refractivity contribution in [2.45, 2.75) is 13.5 Å². The number of hydrogen-bond donors (Lipinski definition) is 0. The minimum absolute atomic E-state index is 0.639. The van der Waals surface area contributed by atoms with Crippen LogP contribution in [0.25, 0.3) is 0 Å². The Morgan fingerprint density at radius 2 is 2.00 bits per heavy atom. The van der Waals surface area contributed by atoms with E-state index in [0.29, 0.717) is 11.8 Å². The molecule has 0 N–H and O–H groups in total. The van der Waals surface area contributed by atoms with E-state index in [9.17, 15) is 0 Å². The molecule has 1 heterocycles. The van der Waals surface area contributed by atoms with Crippen molar-refractivity contribution in [3.63, 3.8) is 0 Å². The van der Waals surface area contributed by atoms with Gasteiger partial charge in [0, 0.05) is 36.8 Å². The monoisotopic (exact) mass is 252 g/mol. The van der Waals surface area contributed by atoms with E-state index in [1.54, 1.807) is 11.3 Å². The van der Waals surface area contributed by atoms with Crippen LogP contribution < -0.4 is 0 Å². The van der Waals surface area contributed by atoms with Crippen molar-refractivity contribution in [2.75, 3.05) is 24.8 Å². The summed E-state index contributed by atoms with van der Waals surface area (Å²) in [7, 11) is 0. The Bertz CT molecular complexity index is 259. The summed E-state index contributed by atoms with van der Waals surface area (Å²) in [5, 5.41) is 3.20. The minimum atomic E-state index is 0.639. The van der Waals surface area contributed by atoms with Crippen molar-refractivity contribution >= 4 is 34.5 Å². The van der Waals surface area contributed by atoms with E-state index in [1.807, 2.05) is 6.92 Å². The topological polar surface area (TPSA) is 16.1 Å². The lowest BCUT2D eigenvalue weighted by Crippen LogP contribution is -2.27. The highest BCUT2D eigenvalue weighted by atomic mass is 35.5. The van der Waals surface area contributed by atoms with Crippen molar-refractivity contribution in [3.05, 3.63) is 16.1 Å². The summed E-state index contributed by atoms with van der Waals surface area (Å²) in [5.41, 5.74) is 1.11. The Kier molecular flexibility index (Phi) is 5.78. The Balaban J connectivity index is 2.46. The summed E-state index contributed by atoms with van der Waals surface area (Å²) in [6.45, 7) is 4.60. The molecule has 0 spiro atoms. The van der Waals surface area contributed by atoms with Gasteiger partial charge >= 0.3 is 0 Å². The predicted octanol–water partition coefficient (Wildman–Crippen LogP) is 2.73. The van der Waals surface area contributed by atoms with Gasteiger partial charge in [-0.1, -0.05) is 0 Å². The van der Waals surface area contributed by atoms with E-state index in [4.69, 9.17) is 23.2 Å². The second-order valence-electron chi connectivity index (χ2n) is 3.01. The molecule has 0 aliphatic carbocycles. The SMILES string of the molecule is Cc1nc(CN(CCCl)CCCl)cs1. The molecule has 0 saturated heterocycles. The summed E-state index contributed by atoms with van der Waals surface area (Å²) in [4.78, 5) is 6.62. The highest BCUT2D eigenvalue weighted by Gasteiger charge is 2.06. The lowest BCUT2D eigenvalue weighted by atomic mass is 10.4. The Hall–Kier alpha value is 0.170. The van der Waals surface area contributed by atoms with Crippen molar-refractivity contribution in [1.82, 2.24) is 9.88 Å². The van der Waals surface area contributed by atoms with Gasteiger partial charge in [-0.2, -0.15) is 0 Å². The van der Waals surface area contributed by atoms with Gasteiger partial charge in [-0.05, 0) is 6.92 Å². The molecule has 0 amide bonds. The van der Waals surface area contributed by atoms with Gasteiger partial charge < -0.3 is 0 Å². The van der Waals surface area contributed by atoms with Crippen LogP contribution in [0.2, 0.25) is 0 Å². The number of nitrogens with zero attached hydrogens (tertiary/aromatic N) is 2. The van der Waals surface area contributed by atoms with Crippen LogP contribution in [0.4, 0.5) is 0 Å². The number of hydrogen-bond acceptors (Lipinski definition) is 3. The lowest BCUT2D eigenvalue weighted by molar-refractivity contribution is 0.296. The molecule has 0 atom stereocenters. The van der Waals surface area contributed by atoms with Crippen LogP contribution >= 0.6 is 34.5 Å². The fourth-order valence-corrected chi connectivity index (χ4v) is 2.30. The zero-order valence-electron chi connectivity index (χ0n) is 8.17. The molecule has 0 aliphatic heterocycles. The molecule has 5 heteroatoms. The van der Waals surface area contributed by atoms with Crippen LogP contribution in [0.15, 0.2) is 5.38 Å². The van der Waals surface area contributed by atoms with Gasteiger partial charge in [0.05, 0.1) is 10.7 Å². The molecule has 0 bridgehead atoms. The van der Waals surface area contributed by atoms with E-state index < -0.39 is 0 Å². The van der Waals surface area contributed by atoms with Crippen molar-refractivity contribution in [3.8, 4) is 0 Å². The summed E-state index contributed by atoms with van der Waals surface area (Å²) < 4.78 is 0. The molecule has 1 aromatic heterocycles. The number of alkyl halides is 2. The second kappa shape index (κ2) is 6.62. The van der Waals surface area contributed by atoms with Crippen LogP contribution in [0.3, 0.4) is 0 Å². The van der Waals surface area contributed by atoms with E-state index >= 15 is 0 Å². The van der Waals surface area contributed by atoms with Gasteiger partial charge in [0.1, 0.15) is 0 Å². The van der Waals surface area contributed by atoms with Crippen molar-refractivity contribution in [1.29, 1.82) is 0 Å². The maximum Gasteiger partial charge on any atom is 0.0897 e. The molecule has 0 saturated carbocycles. The van der Waals surface area contributed by atoms with E-state index in [2.05, 4.69) is 15.3 Å². The van der Waals surface area contributed by atoms with Gasteiger partial charge in [-0.25, -0.2) is 4.98 Å². The number of halogens is 2. The average Bonchev–Trinajstić information content (AvgIpc) is 2.52. The van der Waals surface area contributed by atoms with Gasteiger partial charge in [0.2, 0.25) is 0 Å². The number of aryl methyl sites for hydroxylation is 1. The molecule has 0 unspecified atom stereocenters. The van der Waals surface area contributed by atoms with Gasteiger partial charge in [0.15, 0.2) is 0 Å². The zero-order chi connectivity index (χ0) is 10.4. The molecule has 0 radical (unpaired) electrons. The molecule has 2 nitrogen and oxygen atoms in total. The standard InChI is InChI=1S/C9H14Cl2N2S/c1-8-12-9(7-14-8)6-13(4-2-10)5-3-11/h7H,2-6H2,1H3. The molecule has 14 heavy (non-hydrogen) atoms.